The second kappa shape index (κ2) is 5.17. The molecule has 1 saturated heterocycles. The minimum atomic E-state index is 0.0715. The molecule has 0 saturated carbocycles. The average Bonchev–Trinajstić information content (AvgIpc) is 2.82. The number of nitrogens with zero attached hydrogens (tertiary/aromatic N) is 1. The molecule has 0 aliphatic carbocycles. The van der Waals surface area contributed by atoms with Crippen molar-refractivity contribution in [1.82, 2.24) is 9.88 Å². The van der Waals surface area contributed by atoms with E-state index in [-0.39, 0.29) is 5.91 Å². The number of aryl methyl sites for hydroxylation is 1. The Morgan fingerprint density at radius 1 is 1.35 bits per heavy atom. The quantitative estimate of drug-likeness (QED) is 0.910. The van der Waals surface area contributed by atoms with Crippen molar-refractivity contribution in [3.63, 3.8) is 0 Å². The molecular weight excluding hydrogens is 256 g/mol. The molecule has 2 aromatic rings. The molecule has 1 fully saturated rings. The molecule has 0 spiro atoms. The van der Waals surface area contributed by atoms with E-state index in [4.69, 9.17) is 9.47 Å². The first-order valence-corrected chi connectivity index (χ1v) is 6.74. The van der Waals surface area contributed by atoms with Crippen molar-refractivity contribution in [2.24, 2.45) is 0 Å². The molecule has 0 atom stereocenters. The highest BCUT2D eigenvalue weighted by Gasteiger charge is 2.23. The normalized spacial score (nSPS) is 15.6. The van der Waals surface area contributed by atoms with E-state index < -0.39 is 0 Å². The molecule has 1 aliphatic heterocycles. The van der Waals surface area contributed by atoms with Crippen LogP contribution < -0.4 is 4.74 Å². The topological polar surface area (TPSA) is 54.6 Å². The smallest absolute Gasteiger partial charge is 0.256 e. The average molecular weight is 274 g/mol. The number of hydrogen-bond acceptors (Lipinski definition) is 3. The van der Waals surface area contributed by atoms with Crippen molar-refractivity contribution < 1.29 is 14.3 Å². The summed E-state index contributed by atoms with van der Waals surface area (Å²) in [6.45, 7) is 4.46. The molecule has 3 rings (SSSR count). The molecular formula is C15H18N2O3. The summed E-state index contributed by atoms with van der Waals surface area (Å²) in [7, 11) is 1.64. The molecule has 20 heavy (non-hydrogen) atoms. The number of rotatable bonds is 2. The molecule has 0 bridgehead atoms. The minimum absolute atomic E-state index is 0.0715. The van der Waals surface area contributed by atoms with E-state index in [0.717, 1.165) is 27.9 Å². The number of hydrogen-bond donors (Lipinski definition) is 1. The lowest BCUT2D eigenvalue weighted by Gasteiger charge is -2.27. The fourth-order valence-corrected chi connectivity index (χ4v) is 2.64. The lowest BCUT2D eigenvalue weighted by atomic mass is 10.1. The Kier molecular flexibility index (Phi) is 3.36. The lowest BCUT2D eigenvalue weighted by molar-refractivity contribution is 0.0303. The van der Waals surface area contributed by atoms with Crippen LogP contribution in [0, 0.1) is 6.92 Å². The first kappa shape index (κ1) is 13.0. The first-order chi connectivity index (χ1) is 9.70. The summed E-state index contributed by atoms with van der Waals surface area (Å²) >= 11 is 0. The van der Waals surface area contributed by atoms with Gasteiger partial charge in [-0.3, -0.25) is 4.79 Å². The zero-order valence-corrected chi connectivity index (χ0v) is 11.7. The van der Waals surface area contributed by atoms with Gasteiger partial charge in [0.25, 0.3) is 5.91 Å². The maximum absolute atomic E-state index is 12.7. The number of ether oxygens (including phenoxy) is 2. The zero-order chi connectivity index (χ0) is 14.1. The molecule has 2 heterocycles. The van der Waals surface area contributed by atoms with Gasteiger partial charge >= 0.3 is 0 Å². The van der Waals surface area contributed by atoms with E-state index in [1.165, 1.54) is 0 Å². The van der Waals surface area contributed by atoms with Crippen molar-refractivity contribution in [3.05, 3.63) is 29.5 Å². The molecule has 1 amide bonds. The molecule has 0 unspecified atom stereocenters. The highest BCUT2D eigenvalue weighted by Crippen LogP contribution is 2.27. The molecule has 0 radical (unpaired) electrons. The summed E-state index contributed by atoms with van der Waals surface area (Å²) in [5.74, 6) is 0.853. The van der Waals surface area contributed by atoms with Crippen LogP contribution in [0.15, 0.2) is 18.2 Å². The van der Waals surface area contributed by atoms with E-state index in [2.05, 4.69) is 4.98 Å². The Morgan fingerprint density at radius 3 is 2.80 bits per heavy atom. The minimum Gasteiger partial charge on any atom is -0.497 e. The highest BCUT2D eigenvalue weighted by molar-refractivity contribution is 6.08. The molecule has 5 heteroatoms. The van der Waals surface area contributed by atoms with Crippen LogP contribution in [0.25, 0.3) is 10.9 Å². The van der Waals surface area contributed by atoms with E-state index >= 15 is 0 Å². The summed E-state index contributed by atoms with van der Waals surface area (Å²) in [5.41, 5.74) is 2.58. The van der Waals surface area contributed by atoms with Crippen molar-refractivity contribution in [2.75, 3.05) is 33.4 Å². The second-order valence-electron chi connectivity index (χ2n) is 4.94. The number of methoxy groups -OCH3 is 1. The van der Waals surface area contributed by atoms with Crippen LogP contribution in [0.4, 0.5) is 0 Å². The number of nitrogens with one attached hydrogen (secondary N) is 1. The van der Waals surface area contributed by atoms with Gasteiger partial charge in [0.2, 0.25) is 0 Å². The lowest BCUT2D eigenvalue weighted by Crippen LogP contribution is -2.40. The Morgan fingerprint density at radius 2 is 2.10 bits per heavy atom. The molecule has 1 aromatic heterocycles. The van der Waals surface area contributed by atoms with Crippen molar-refractivity contribution >= 4 is 16.8 Å². The Hall–Kier alpha value is -2.01. The van der Waals surface area contributed by atoms with Crippen LogP contribution in [0.1, 0.15) is 16.1 Å². The number of morpholine rings is 1. The van der Waals surface area contributed by atoms with Gasteiger partial charge in [-0.05, 0) is 19.1 Å². The zero-order valence-electron chi connectivity index (χ0n) is 11.7. The standard InChI is InChI=1S/C15H18N2O3/c1-10-14(15(18)17-5-7-20-8-6-17)12-4-3-11(19-2)9-13(12)16-10/h3-4,9,16H,5-8H2,1-2H3. The van der Waals surface area contributed by atoms with Crippen molar-refractivity contribution in [2.45, 2.75) is 6.92 Å². The van der Waals surface area contributed by atoms with E-state index in [1.807, 2.05) is 30.0 Å². The summed E-state index contributed by atoms with van der Waals surface area (Å²) < 4.78 is 10.5. The molecule has 1 aliphatic rings. The van der Waals surface area contributed by atoms with E-state index in [9.17, 15) is 4.79 Å². The Labute approximate surface area is 117 Å². The second-order valence-corrected chi connectivity index (χ2v) is 4.94. The number of amides is 1. The van der Waals surface area contributed by atoms with Gasteiger partial charge in [0.1, 0.15) is 5.75 Å². The summed E-state index contributed by atoms with van der Waals surface area (Å²) in [6, 6.07) is 5.73. The predicted molar refractivity (Wildman–Crippen MR) is 76.3 cm³/mol. The van der Waals surface area contributed by atoms with Gasteiger partial charge in [0.15, 0.2) is 0 Å². The number of carbonyl (C=O) groups is 1. The van der Waals surface area contributed by atoms with Crippen LogP contribution in [-0.2, 0) is 4.74 Å². The number of fused-ring (bicyclic) bond motifs is 1. The molecule has 5 nitrogen and oxygen atoms in total. The predicted octanol–water partition coefficient (Wildman–Crippen LogP) is 1.96. The fraction of sp³-hybridized carbons (Fsp3) is 0.400. The number of aromatic amines is 1. The van der Waals surface area contributed by atoms with E-state index in [0.29, 0.717) is 26.3 Å². The number of benzene rings is 1. The largest absolute Gasteiger partial charge is 0.497 e. The van der Waals surface area contributed by atoms with Gasteiger partial charge in [-0.25, -0.2) is 0 Å². The van der Waals surface area contributed by atoms with Crippen LogP contribution in [0.5, 0.6) is 5.75 Å². The Balaban J connectivity index is 2.01. The third-order valence-corrected chi connectivity index (χ3v) is 3.71. The van der Waals surface area contributed by atoms with Gasteiger partial charge in [0, 0.05) is 30.2 Å². The van der Waals surface area contributed by atoms with Crippen molar-refractivity contribution in [3.8, 4) is 5.75 Å². The monoisotopic (exact) mass is 274 g/mol. The highest BCUT2D eigenvalue weighted by atomic mass is 16.5. The van der Waals surface area contributed by atoms with E-state index in [1.54, 1.807) is 7.11 Å². The molecule has 1 aromatic carbocycles. The van der Waals surface area contributed by atoms with Gasteiger partial charge < -0.3 is 19.4 Å². The molecule has 106 valence electrons. The summed E-state index contributed by atoms with van der Waals surface area (Å²) in [5, 5.41) is 0.944. The number of aromatic nitrogens is 1. The number of carbonyl (C=O) groups excluding carboxylic acids is 1. The third-order valence-electron chi connectivity index (χ3n) is 3.71. The van der Waals surface area contributed by atoms with Gasteiger partial charge in [-0.15, -0.1) is 0 Å². The van der Waals surface area contributed by atoms with Gasteiger partial charge in [0.05, 0.1) is 31.4 Å². The first-order valence-electron chi connectivity index (χ1n) is 6.74. The Bertz CT molecular complexity index is 642. The van der Waals surface area contributed by atoms with Crippen LogP contribution in [-0.4, -0.2) is 49.2 Å². The number of H-pyrrole nitrogens is 1. The third kappa shape index (κ3) is 2.14. The maximum Gasteiger partial charge on any atom is 0.256 e. The van der Waals surface area contributed by atoms with Crippen LogP contribution >= 0.6 is 0 Å². The maximum atomic E-state index is 12.7. The van der Waals surface area contributed by atoms with Crippen LogP contribution in [0.2, 0.25) is 0 Å². The summed E-state index contributed by atoms with van der Waals surface area (Å²) in [6.07, 6.45) is 0. The molecule has 1 N–H and O–H groups in total. The summed E-state index contributed by atoms with van der Waals surface area (Å²) in [4.78, 5) is 17.8. The SMILES string of the molecule is COc1ccc2c(C(=O)N3CCOCC3)c(C)[nH]c2c1. The van der Waals surface area contributed by atoms with Gasteiger partial charge in [-0.1, -0.05) is 0 Å². The van der Waals surface area contributed by atoms with Crippen LogP contribution in [0.3, 0.4) is 0 Å². The van der Waals surface area contributed by atoms with Crippen molar-refractivity contribution in [1.29, 1.82) is 0 Å². The van der Waals surface area contributed by atoms with Gasteiger partial charge in [-0.2, -0.15) is 0 Å². The fourth-order valence-electron chi connectivity index (χ4n) is 2.64.